The van der Waals surface area contributed by atoms with E-state index in [0.717, 1.165) is 15.9 Å². The Balaban J connectivity index is 2.07. The molecule has 23 heavy (non-hydrogen) atoms. The number of hydrogen-bond acceptors (Lipinski definition) is 6. The number of hydrogen-bond donors (Lipinski definition) is 1. The van der Waals surface area contributed by atoms with Gasteiger partial charge in [-0.1, -0.05) is 11.3 Å². The molecular formula is C15H16N4O3S. The third kappa shape index (κ3) is 2.61. The highest BCUT2D eigenvalue weighted by atomic mass is 32.1. The van der Waals surface area contributed by atoms with Gasteiger partial charge in [0.2, 0.25) is 5.13 Å². The van der Waals surface area contributed by atoms with Gasteiger partial charge in [-0.15, -0.1) is 10.2 Å². The van der Waals surface area contributed by atoms with Crippen LogP contribution in [0.15, 0.2) is 18.2 Å². The standard InChI is InChI=1S/C15H16N4O3S/c1-8-17-18-15(23-8)16-14(20)10-7-9-11(21-3)5-6-12(22-4)13(9)19(10)2/h5-7H,1-4H3,(H,16,18,20). The number of methoxy groups -OCH3 is 2. The molecule has 0 unspecified atom stereocenters. The summed E-state index contributed by atoms with van der Waals surface area (Å²) in [6.07, 6.45) is 0. The number of ether oxygens (including phenoxy) is 2. The zero-order valence-electron chi connectivity index (χ0n) is 13.2. The molecule has 0 atom stereocenters. The van der Waals surface area contributed by atoms with E-state index in [2.05, 4.69) is 15.5 Å². The van der Waals surface area contributed by atoms with Crippen LogP contribution in [0, 0.1) is 6.92 Å². The van der Waals surface area contributed by atoms with E-state index in [4.69, 9.17) is 9.47 Å². The molecule has 0 aliphatic carbocycles. The minimum Gasteiger partial charge on any atom is -0.496 e. The molecule has 120 valence electrons. The maximum absolute atomic E-state index is 12.5. The molecule has 0 aliphatic rings. The lowest BCUT2D eigenvalue weighted by Gasteiger charge is -2.08. The maximum atomic E-state index is 12.5. The molecule has 0 bridgehead atoms. The predicted molar refractivity (Wildman–Crippen MR) is 88.6 cm³/mol. The summed E-state index contributed by atoms with van der Waals surface area (Å²) < 4.78 is 12.5. The average Bonchev–Trinajstić information content (AvgIpc) is 3.10. The molecular weight excluding hydrogens is 316 g/mol. The molecule has 3 rings (SSSR count). The highest BCUT2D eigenvalue weighted by molar-refractivity contribution is 7.15. The van der Waals surface area contributed by atoms with E-state index >= 15 is 0 Å². The van der Waals surface area contributed by atoms with Crippen LogP contribution in [0.5, 0.6) is 11.5 Å². The summed E-state index contributed by atoms with van der Waals surface area (Å²) >= 11 is 1.33. The average molecular weight is 332 g/mol. The summed E-state index contributed by atoms with van der Waals surface area (Å²) in [5, 5.41) is 12.6. The van der Waals surface area contributed by atoms with E-state index < -0.39 is 0 Å². The van der Waals surface area contributed by atoms with Crippen LogP contribution in [0.25, 0.3) is 10.9 Å². The van der Waals surface area contributed by atoms with Crippen molar-refractivity contribution in [3.05, 3.63) is 28.9 Å². The van der Waals surface area contributed by atoms with Crippen molar-refractivity contribution in [3.8, 4) is 11.5 Å². The van der Waals surface area contributed by atoms with Crippen LogP contribution < -0.4 is 14.8 Å². The van der Waals surface area contributed by atoms with Gasteiger partial charge in [-0.2, -0.15) is 0 Å². The zero-order chi connectivity index (χ0) is 16.6. The molecule has 0 fully saturated rings. The SMILES string of the molecule is COc1ccc(OC)c2c1cc(C(=O)Nc1nnc(C)s1)n2C. The number of amides is 1. The topological polar surface area (TPSA) is 78.3 Å². The number of fused-ring (bicyclic) bond motifs is 1. The van der Waals surface area contributed by atoms with Gasteiger partial charge in [0.25, 0.3) is 5.91 Å². The number of aryl methyl sites for hydroxylation is 2. The van der Waals surface area contributed by atoms with Gasteiger partial charge in [-0.3, -0.25) is 10.1 Å². The summed E-state index contributed by atoms with van der Waals surface area (Å²) in [5.74, 6) is 1.10. The molecule has 0 saturated carbocycles. The van der Waals surface area contributed by atoms with Crippen LogP contribution in [0.3, 0.4) is 0 Å². The highest BCUT2D eigenvalue weighted by Gasteiger charge is 2.19. The first kappa shape index (κ1) is 15.3. The van der Waals surface area contributed by atoms with Crippen molar-refractivity contribution in [2.45, 2.75) is 6.92 Å². The highest BCUT2D eigenvalue weighted by Crippen LogP contribution is 2.35. The summed E-state index contributed by atoms with van der Waals surface area (Å²) in [6.45, 7) is 1.83. The van der Waals surface area contributed by atoms with E-state index in [0.29, 0.717) is 22.3 Å². The zero-order valence-corrected chi connectivity index (χ0v) is 14.0. The van der Waals surface area contributed by atoms with Crippen LogP contribution in [0.1, 0.15) is 15.5 Å². The fourth-order valence-electron chi connectivity index (χ4n) is 2.48. The van der Waals surface area contributed by atoms with Gasteiger partial charge in [-0.05, 0) is 25.1 Å². The Hall–Kier alpha value is -2.61. The second-order valence-electron chi connectivity index (χ2n) is 4.90. The van der Waals surface area contributed by atoms with Crippen molar-refractivity contribution in [3.63, 3.8) is 0 Å². The monoisotopic (exact) mass is 332 g/mol. The van der Waals surface area contributed by atoms with Gasteiger partial charge >= 0.3 is 0 Å². The fourth-order valence-corrected chi connectivity index (χ4v) is 3.06. The van der Waals surface area contributed by atoms with Crippen LogP contribution in [-0.2, 0) is 7.05 Å². The van der Waals surface area contributed by atoms with Crippen LogP contribution in [0.2, 0.25) is 0 Å². The van der Waals surface area contributed by atoms with Crippen molar-refractivity contribution in [1.82, 2.24) is 14.8 Å². The van der Waals surface area contributed by atoms with E-state index in [9.17, 15) is 4.79 Å². The van der Waals surface area contributed by atoms with E-state index in [-0.39, 0.29) is 5.91 Å². The van der Waals surface area contributed by atoms with Crippen molar-refractivity contribution >= 4 is 33.3 Å². The molecule has 1 N–H and O–H groups in total. The van der Waals surface area contributed by atoms with Gasteiger partial charge < -0.3 is 14.0 Å². The van der Waals surface area contributed by atoms with Gasteiger partial charge in [0.15, 0.2) is 0 Å². The van der Waals surface area contributed by atoms with Crippen LogP contribution in [-0.4, -0.2) is 34.9 Å². The molecule has 1 aromatic carbocycles. The third-order valence-corrected chi connectivity index (χ3v) is 4.29. The Morgan fingerprint density at radius 3 is 2.52 bits per heavy atom. The molecule has 1 amide bonds. The number of carbonyl (C=O) groups is 1. The summed E-state index contributed by atoms with van der Waals surface area (Å²) in [5.41, 5.74) is 1.28. The normalized spacial score (nSPS) is 10.8. The Morgan fingerprint density at radius 1 is 1.22 bits per heavy atom. The van der Waals surface area contributed by atoms with Crippen molar-refractivity contribution < 1.29 is 14.3 Å². The number of nitrogens with one attached hydrogen (secondary N) is 1. The number of carbonyl (C=O) groups excluding carboxylic acids is 1. The quantitative estimate of drug-likeness (QED) is 0.794. The first-order valence-corrected chi connectivity index (χ1v) is 7.68. The minimum absolute atomic E-state index is 0.260. The van der Waals surface area contributed by atoms with Crippen LogP contribution in [0.4, 0.5) is 5.13 Å². The second kappa shape index (κ2) is 5.88. The minimum atomic E-state index is -0.260. The van der Waals surface area contributed by atoms with E-state index in [1.165, 1.54) is 11.3 Å². The molecule has 8 heteroatoms. The van der Waals surface area contributed by atoms with Gasteiger partial charge in [0.05, 0.1) is 19.7 Å². The Morgan fingerprint density at radius 2 is 1.91 bits per heavy atom. The Labute approximate surface area is 136 Å². The van der Waals surface area contributed by atoms with E-state index in [1.54, 1.807) is 24.9 Å². The number of anilines is 1. The summed E-state index contributed by atoms with van der Waals surface area (Å²) in [6, 6.07) is 5.41. The summed E-state index contributed by atoms with van der Waals surface area (Å²) in [4.78, 5) is 12.5. The van der Waals surface area contributed by atoms with Crippen molar-refractivity contribution in [2.75, 3.05) is 19.5 Å². The smallest absolute Gasteiger partial charge is 0.274 e. The molecule has 0 radical (unpaired) electrons. The lowest BCUT2D eigenvalue weighted by molar-refractivity contribution is 0.101. The van der Waals surface area contributed by atoms with Gasteiger partial charge in [-0.25, -0.2) is 0 Å². The van der Waals surface area contributed by atoms with Gasteiger partial charge in [0.1, 0.15) is 22.2 Å². The largest absolute Gasteiger partial charge is 0.496 e. The number of nitrogens with zero attached hydrogens (tertiary/aromatic N) is 3. The molecule has 7 nitrogen and oxygen atoms in total. The number of rotatable bonds is 4. The van der Waals surface area contributed by atoms with E-state index in [1.807, 2.05) is 26.1 Å². The Kier molecular flexibility index (Phi) is 3.91. The van der Waals surface area contributed by atoms with Crippen LogP contribution >= 0.6 is 11.3 Å². The molecule has 3 aromatic rings. The molecule has 2 heterocycles. The fraction of sp³-hybridized carbons (Fsp3) is 0.267. The van der Waals surface area contributed by atoms with Gasteiger partial charge in [0, 0.05) is 12.4 Å². The predicted octanol–water partition coefficient (Wildman–Crippen LogP) is 2.61. The first-order valence-electron chi connectivity index (χ1n) is 6.87. The van der Waals surface area contributed by atoms with Crippen molar-refractivity contribution in [2.24, 2.45) is 7.05 Å². The number of benzene rings is 1. The summed E-state index contributed by atoms with van der Waals surface area (Å²) in [7, 11) is 5.00. The molecule has 0 saturated heterocycles. The second-order valence-corrected chi connectivity index (χ2v) is 6.08. The lowest BCUT2D eigenvalue weighted by Crippen LogP contribution is -2.15. The molecule has 0 aliphatic heterocycles. The molecule has 0 spiro atoms. The number of aromatic nitrogens is 3. The lowest BCUT2D eigenvalue weighted by atomic mass is 10.2. The maximum Gasteiger partial charge on any atom is 0.274 e. The Bertz CT molecular complexity index is 884. The van der Waals surface area contributed by atoms with Crippen molar-refractivity contribution in [1.29, 1.82) is 0 Å². The first-order chi connectivity index (χ1) is 11.0. The third-order valence-electron chi connectivity index (χ3n) is 3.54. The molecule has 2 aromatic heterocycles.